The Balaban J connectivity index is 2.62. The van der Waals surface area contributed by atoms with Crippen LogP contribution in [0.2, 0.25) is 0 Å². The van der Waals surface area contributed by atoms with Crippen molar-refractivity contribution in [1.82, 2.24) is 5.32 Å². The molecular formula is C12H17NO3S. The summed E-state index contributed by atoms with van der Waals surface area (Å²) in [6.07, 6.45) is 0.226. The van der Waals surface area contributed by atoms with Crippen LogP contribution in [0, 0.1) is 5.41 Å². The van der Waals surface area contributed by atoms with E-state index in [0.717, 1.165) is 5.56 Å². The van der Waals surface area contributed by atoms with Crippen LogP contribution in [0.4, 0.5) is 0 Å². The lowest BCUT2D eigenvalue weighted by molar-refractivity contribution is -0.144. The van der Waals surface area contributed by atoms with E-state index in [0.29, 0.717) is 0 Å². The highest BCUT2D eigenvalue weighted by atomic mass is 32.1. The number of carbonyl (C=O) groups excluding carboxylic acids is 1. The van der Waals surface area contributed by atoms with Crippen molar-refractivity contribution in [2.45, 2.75) is 33.2 Å². The summed E-state index contributed by atoms with van der Waals surface area (Å²) in [6.45, 7) is 5.37. The number of carboxylic acids is 1. The van der Waals surface area contributed by atoms with Gasteiger partial charge in [-0.15, -0.1) is 0 Å². The number of thiophene rings is 1. The zero-order chi connectivity index (χ0) is 13.1. The third kappa shape index (κ3) is 4.19. The fourth-order valence-corrected chi connectivity index (χ4v) is 2.11. The van der Waals surface area contributed by atoms with E-state index in [1.165, 1.54) is 11.3 Å². The van der Waals surface area contributed by atoms with Gasteiger partial charge in [0.2, 0.25) is 5.91 Å². The molecular weight excluding hydrogens is 238 g/mol. The maximum absolute atomic E-state index is 11.7. The summed E-state index contributed by atoms with van der Waals surface area (Å²) in [4.78, 5) is 22.8. The molecule has 2 N–H and O–H groups in total. The van der Waals surface area contributed by atoms with Crippen LogP contribution in [0.25, 0.3) is 0 Å². The Morgan fingerprint density at radius 2 is 2.12 bits per heavy atom. The van der Waals surface area contributed by atoms with Gasteiger partial charge in [0.25, 0.3) is 0 Å². The van der Waals surface area contributed by atoms with Gasteiger partial charge in [-0.25, -0.2) is 4.79 Å². The van der Waals surface area contributed by atoms with E-state index < -0.39 is 17.4 Å². The maximum atomic E-state index is 11.7. The molecule has 0 aliphatic heterocycles. The molecule has 0 aliphatic carbocycles. The fraction of sp³-hybridized carbons (Fsp3) is 0.500. The van der Waals surface area contributed by atoms with Crippen LogP contribution < -0.4 is 5.32 Å². The van der Waals surface area contributed by atoms with Gasteiger partial charge in [0, 0.05) is 0 Å². The number of aliphatic carboxylic acids is 1. The zero-order valence-corrected chi connectivity index (χ0v) is 11.0. The largest absolute Gasteiger partial charge is 0.480 e. The molecule has 1 unspecified atom stereocenters. The zero-order valence-electron chi connectivity index (χ0n) is 10.2. The molecule has 17 heavy (non-hydrogen) atoms. The lowest BCUT2D eigenvalue weighted by Gasteiger charge is -2.27. The summed E-state index contributed by atoms with van der Waals surface area (Å²) >= 11 is 1.52. The van der Waals surface area contributed by atoms with E-state index in [1.807, 2.05) is 16.8 Å². The highest BCUT2D eigenvalue weighted by Crippen LogP contribution is 2.19. The predicted octanol–water partition coefficient (Wildman–Crippen LogP) is 1.91. The van der Waals surface area contributed by atoms with E-state index in [2.05, 4.69) is 5.32 Å². The Kier molecular flexibility index (Phi) is 4.28. The Hall–Kier alpha value is -1.36. The summed E-state index contributed by atoms with van der Waals surface area (Å²) < 4.78 is 0. The first-order chi connectivity index (χ1) is 7.80. The lowest BCUT2D eigenvalue weighted by Crippen LogP contribution is -2.49. The summed E-state index contributed by atoms with van der Waals surface area (Å²) in [6, 6.07) is 0.991. The molecule has 1 aromatic heterocycles. The van der Waals surface area contributed by atoms with Gasteiger partial charge < -0.3 is 10.4 Å². The van der Waals surface area contributed by atoms with Crippen LogP contribution in [-0.2, 0) is 16.0 Å². The van der Waals surface area contributed by atoms with E-state index >= 15 is 0 Å². The molecule has 94 valence electrons. The van der Waals surface area contributed by atoms with Crippen molar-refractivity contribution in [3.8, 4) is 0 Å². The third-order valence-electron chi connectivity index (χ3n) is 2.36. The van der Waals surface area contributed by atoms with Gasteiger partial charge in [0.05, 0.1) is 6.42 Å². The fourth-order valence-electron chi connectivity index (χ4n) is 1.44. The molecule has 1 rings (SSSR count). The van der Waals surface area contributed by atoms with Crippen molar-refractivity contribution in [3.63, 3.8) is 0 Å². The highest BCUT2D eigenvalue weighted by molar-refractivity contribution is 7.07. The number of hydrogen-bond donors (Lipinski definition) is 2. The molecule has 0 saturated heterocycles. The number of hydrogen-bond acceptors (Lipinski definition) is 3. The molecule has 0 saturated carbocycles. The summed E-state index contributed by atoms with van der Waals surface area (Å²) in [5, 5.41) is 15.4. The van der Waals surface area contributed by atoms with E-state index in [-0.39, 0.29) is 12.3 Å². The topological polar surface area (TPSA) is 66.4 Å². The van der Waals surface area contributed by atoms with Crippen LogP contribution in [0.5, 0.6) is 0 Å². The maximum Gasteiger partial charge on any atom is 0.326 e. The number of carbonyl (C=O) groups is 2. The quantitative estimate of drug-likeness (QED) is 0.863. The second-order valence-corrected chi connectivity index (χ2v) is 5.79. The first kappa shape index (κ1) is 13.7. The minimum Gasteiger partial charge on any atom is -0.480 e. The van der Waals surface area contributed by atoms with Crippen molar-refractivity contribution < 1.29 is 14.7 Å². The van der Waals surface area contributed by atoms with Crippen molar-refractivity contribution >= 4 is 23.2 Å². The smallest absolute Gasteiger partial charge is 0.326 e. The number of amides is 1. The van der Waals surface area contributed by atoms with E-state index in [9.17, 15) is 9.59 Å². The molecule has 1 heterocycles. The Labute approximate surface area is 105 Å². The Morgan fingerprint density at radius 3 is 2.53 bits per heavy atom. The van der Waals surface area contributed by atoms with Crippen molar-refractivity contribution in [2.75, 3.05) is 0 Å². The summed E-state index contributed by atoms with van der Waals surface area (Å²) in [7, 11) is 0. The van der Waals surface area contributed by atoms with Gasteiger partial charge in [0.15, 0.2) is 0 Å². The molecule has 5 heteroatoms. The monoisotopic (exact) mass is 255 g/mol. The molecule has 0 aliphatic rings. The van der Waals surface area contributed by atoms with Gasteiger partial charge in [-0.05, 0) is 27.8 Å². The summed E-state index contributed by atoms with van der Waals surface area (Å²) in [5.41, 5.74) is 0.404. The minimum absolute atomic E-state index is 0.226. The molecule has 4 nitrogen and oxygen atoms in total. The Bertz CT molecular complexity index is 392. The molecule has 0 aromatic carbocycles. The van der Waals surface area contributed by atoms with Crippen LogP contribution in [-0.4, -0.2) is 23.0 Å². The van der Waals surface area contributed by atoms with E-state index in [4.69, 9.17) is 5.11 Å². The second kappa shape index (κ2) is 5.31. The van der Waals surface area contributed by atoms with Gasteiger partial charge in [-0.2, -0.15) is 11.3 Å². The average Bonchev–Trinajstić information content (AvgIpc) is 2.64. The standard InChI is InChI=1S/C12H17NO3S/c1-12(2,3)10(11(15)16)13-9(14)6-8-4-5-17-7-8/h4-5,7,10H,6H2,1-3H3,(H,13,14)(H,15,16). The molecule has 1 aromatic rings. The van der Waals surface area contributed by atoms with Gasteiger partial charge in [-0.3, -0.25) is 4.79 Å². The van der Waals surface area contributed by atoms with Crippen molar-refractivity contribution in [2.24, 2.45) is 5.41 Å². The van der Waals surface area contributed by atoms with Crippen LogP contribution in [0.15, 0.2) is 16.8 Å². The van der Waals surface area contributed by atoms with E-state index in [1.54, 1.807) is 20.8 Å². The SMILES string of the molecule is CC(C)(C)C(NC(=O)Cc1ccsc1)C(=O)O. The van der Waals surface area contributed by atoms with Crippen LogP contribution in [0.3, 0.4) is 0 Å². The van der Waals surface area contributed by atoms with Crippen molar-refractivity contribution in [3.05, 3.63) is 22.4 Å². The summed E-state index contributed by atoms with van der Waals surface area (Å²) in [5.74, 6) is -1.26. The van der Waals surface area contributed by atoms with Gasteiger partial charge >= 0.3 is 5.97 Å². The molecule has 1 atom stereocenters. The normalized spacial score (nSPS) is 13.1. The molecule has 0 fully saturated rings. The molecule has 0 spiro atoms. The number of rotatable bonds is 4. The molecule has 1 amide bonds. The lowest BCUT2D eigenvalue weighted by atomic mass is 9.86. The average molecular weight is 255 g/mol. The minimum atomic E-state index is -1.00. The molecule has 0 bridgehead atoms. The van der Waals surface area contributed by atoms with Gasteiger partial charge in [-0.1, -0.05) is 20.8 Å². The predicted molar refractivity (Wildman–Crippen MR) is 67.0 cm³/mol. The van der Waals surface area contributed by atoms with Crippen molar-refractivity contribution in [1.29, 1.82) is 0 Å². The number of carboxylic acid groups (broad SMARTS) is 1. The van der Waals surface area contributed by atoms with Crippen LogP contribution in [0.1, 0.15) is 26.3 Å². The first-order valence-corrected chi connectivity index (χ1v) is 6.28. The third-order valence-corrected chi connectivity index (χ3v) is 3.10. The van der Waals surface area contributed by atoms with Crippen LogP contribution >= 0.6 is 11.3 Å². The Morgan fingerprint density at radius 1 is 1.47 bits per heavy atom. The second-order valence-electron chi connectivity index (χ2n) is 5.01. The highest BCUT2D eigenvalue weighted by Gasteiger charge is 2.32. The number of nitrogens with one attached hydrogen (secondary N) is 1. The van der Waals surface area contributed by atoms with Gasteiger partial charge in [0.1, 0.15) is 6.04 Å². The first-order valence-electron chi connectivity index (χ1n) is 5.34. The molecule has 0 radical (unpaired) electrons.